The van der Waals surface area contributed by atoms with Crippen LogP contribution in [0.2, 0.25) is 0 Å². The summed E-state index contributed by atoms with van der Waals surface area (Å²) in [6.45, 7) is -0.564. The molecule has 10 heteroatoms. The van der Waals surface area contributed by atoms with Gasteiger partial charge in [-0.15, -0.1) is 0 Å². The van der Waals surface area contributed by atoms with Crippen molar-refractivity contribution in [1.29, 1.82) is 0 Å². The van der Waals surface area contributed by atoms with Gasteiger partial charge in [-0.3, -0.25) is 4.79 Å². The van der Waals surface area contributed by atoms with E-state index in [1.165, 1.54) is 37.4 Å². The summed E-state index contributed by atoms with van der Waals surface area (Å²) in [6, 6.07) is 10.3. The molecule has 0 saturated carbocycles. The molecular formula is C22H22O10. The van der Waals surface area contributed by atoms with Crippen LogP contribution in [0, 0.1) is 0 Å². The number of phenolic OH excluding ortho intramolecular Hbond substituents is 1. The first kappa shape index (κ1) is 22.1. The van der Waals surface area contributed by atoms with Crippen LogP contribution >= 0.6 is 0 Å². The van der Waals surface area contributed by atoms with E-state index >= 15 is 0 Å². The summed E-state index contributed by atoms with van der Waals surface area (Å²) in [5, 5.41) is 49.2. The Bertz CT molecular complexity index is 1150. The van der Waals surface area contributed by atoms with E-state index < -0.39 is 42.7 Å². The van der Waals surface area contributed by atoms with Gasteiger partial charge < -0.3 is 44.2 Å². The first-order chi connectivity index (χ1) is 15.3. The summed E-state index contributed by atoms with van der Waals surface area (Å²) >= 11 is 0. The zero-order chi connectivity index (χ0) is 23.0. The lowest BCUT2D eigenvalue weighted by Crippen LogP contribution is -2.60. The number of hydrogen-bond donors (Lipinski definition) is 5. The maximum atomic E-state index is 12.5. The average Bonchev–Trinajstić information content (AvgIpc) is 2.79. The maximum absolute atomic E-state index is 12.5. The molecule has 5 N–H and O–H groups in total. The summed E-state index contributed by atoms with van der Waals surface area (Å²) < 4.78 is 21.7. The highest BCUT2D eigenvalue weighted by atomic mass is 16.7. The zero-order valence-electron chi connectivity index (χ0n) is 16.9. The van der Waals surface area contributed by atoms with Gasteiger partial charge in [-0.05, 0) is 24.3 Å². The number of benzene rings is 2. The third-order valence-electron chi connectivity index (χ3n) is 5.26. The normalized spacial score (nSPS) is 25.6. The molecule has 0 unspecified atom stereocenters. The third kappa shape index (κ3) is 4.01. The Hall–Kier alpha value is -3.15. The fourth-order valence-electron chi connectivity index (χ4n) is 3.50. The third-order valence-corrected chi connectivity index (χ3v) is 5.26. The lowest BCUT2D eigenvalue weighted by Gasteiger charge is -2.39. The first-order valence-corrected chi connectivity index (χ1v) is 9.75. The monoisotopic (exact) mass is 446 g/mol. The number of methoxy groups -OCH3 is 1. The second kappa shape index (κ2) is 8.77. The summed E-state index contributed by atoms with van der Waals surface area (Å²) in [5.74, 6) is 0.594. The topological polar surface area (TPSA) is 159 Å². The lowest BCUT2D eigenvalue weighted by atomic mass is 9.99. The van der Waals surface area contributed by atoms with Crippen molar-refractivity contribution >= 4 is 11.0 Å². The second-order valence-electron chi connectivity index (χ2n) is 7.33. The Morgan fingerprint density at radius 2 is 1.69 bits per heavy atom. The van der Waals surface area contributed by atoms with Crippen LogP contribution in [0.25, 0.3) is 22.3 Å². The second-order valence-corrected chi connectivity index (χ2v) is 7.33. The average molecular weight is 446 g/mol. The minimum absolute atomic E-state index is 0.0390. The van der Waals surface area contributed by atoms with Gasteiger partial charge >= 0.3 is 0 Å². The summed E-state index contributed by atoms with van der Waals surface area (Å²) in [7, 11) is 1.43. The van der Waals surface area contributed by atoms with Crippen molar-refractivity contribution in [3.8, 4) is 28.6 Å². The molecule has 1 aliphatic heterocycles. The van der Waals surface area contributed by atoms with Crippen LogP contribution in [-0.4, -0.2) is 70.0 Å². The van der Waals surface area contributed by atoms with Crippen molar-refractivity contribution in [1.82, 2.24) is 0 Å². The van der Waals surface area contributed by atoms with Crippen molar-refractivity contribution in [3.05, 3.63) is 52.7 Å². The van der Waals surface area contributed by atoms with Crippen molar-refractivity contribution in [2.75, 3.05) is 13.7 Å². The highest BCUT2D eigenvalue weighted by molar-refractivity contribution is 5.86. The highest BCUT2D eigenvalue weighted by Gasteiger charge is 2.44. The fourth-order valence-corrected chi connectivity index (χ4v) is 3.50. The molecule has 2 aromatic carbocycles. The molecule has 0 aliphatic carbocycles. The van der Waals surface area contributed by atoms with Crippen LogP contribution in [-0.2, 0) is 4.74 Å². The van der Waals surface area contributed by atoms with Crippen LogP contribution in [0.4, 0.5) is 0 Å². The van der Waals surface area contributed by atoms with Crippen molar-refractivity contribution in [3.63, 3.8) is 0 Å². The number of phenols is 1. The van der Waals surface area contributed by atoms with Crippen LogP contribution in [0.3, 0.4) is 0 Å². The molecule has 170 valence electrons. The van der Waals surface area contributed by atoms with Gasteiger partial charge in [0.25, 0.3) is 0 Å². The summed E-state index contributed by atoms with van der Waals surface area (Å²) in [6.07, 6.45) is -6.96. The van der Waals surface area contributed by atoms with Gasteiger partial charge in [-0.25, -0.2) is 0 Å². The van der Waals surface area contributed by atoms with E-state index in [0.29, 0.717) is 11.3 Å². The van der Waals surface area contributed by atoms with E-state index in [-0.39, 0.29) is 28.2 Å². The summed E-state index contributed by atoms with van der Waals surface area (Å²) in [5.41, 5.74) is 0.265. The fraction of sp³-hybridized carbons (Fsp3) is 0.318. The molecule has 5 atom stereocenters. The van der Waals surface area contributed by atoms with Gasteiger partial charge in [-0.2, -0.15) is 0 Å². The highest BCUT2D eigenvalue weighted by Crippen LogP contribution is 2.32. The predicted molar refractivity (Wildman–Crippen MR) is 111 cm³/mol. The number of hydrogen-bond acceptors (Lipinski definition) is 10. The molecular weight excluding hydrogens is 424 g/mol. The van der Waals surface area contributed by atoms with Gasteiger partial charge in [0.1, 0.15) is 58.4 Å². The van der Waals surface area contributed by atoms with E-state index in [2.05, 4.69) is 0 Å². The number of fused-ring (bicyclic) bond motifs is 1. The van der Waals surface area contributed by atoms with Crippen LogP contribution in [0.1, 0.15) is 0 Å². The SMILES string of the molecule is COc1cc(O)c2c(=O)cc(-c3ccc(O[C@@H]4O[C@@H](CO)[C@H](O)[C@@H](O)[C@@H]4O)cc3)oc2c1. The zero-order valence-corrected chi connectivity index (χ0v) is 16.9. The smallest absolute Gasteiger partial charge is 0.229 e. The molecule has 10 nitrogen and oxygen atoms in total. The Kier molecular flexibility index (Phi) is 6.04. The van der Waals surface area contributed by atoms with Crippen LogP contribution in [0.5, 0.6) is 17.2 Å². The van der Waals surface area contributed by atoms with Gasteiger partial charge in [0, 0.05) is 23.8 Å². The predicted octanol–water partition coefficient (Wildman–Crippen LogP) is 0.353. The quantitative estimate of drug-likeness (QED) is 0.370. The van der Waals surface area contributed by atoms with E-state index in [4.69, 9.17) is 18.6 Å². The number of rotatable bonds is 5. The van der Waals surface area contributed by atoms with Crippen molar-refractivity contribution < 1.29 is 44.2 Å². The Morgan fingerprint density at radius 3 is 2.34 bits per heavy atom. The van der Waals surface area contributed by atoms with E-state index in [9.17, 15) is 30.3 Å². The molecule has 4 rings (SSSR count). The molecule has 0 spiro atoms. The minimum atomic E-state index is -1.55. The number of ether oxygens (including phenoxy) is 3. The maximum Gasteiger partial charge on any atom is 0.229 e. The lowest BCUT2D eigenvalue weighted by molar-refractivity contribution is -0.277. The van der Waals surface area contributed by atoms with Gasteiger partial charge in [-0.1, -0.05) is 0 Å². The van der Waals surface area contributed by atoms with Gasteiger partial charge in [0.15, 0.2) is 5.43 Å². The Labute approximate surface area is 181 Å². The van der Waals surface area contributed by atoms with E-state index in [0.717, 1.165) is 0 Å². The van der Waals surface area contributed by atoms with Crippen LogP contribution < -0.4 is 14.9 Å². The molecule has 0 bridgehead atoms. The van der Waals surface area contributed by atoms with E-state index in [1.54, 1.807) is 12.1 Å². The minimum Gasteiger partial charge on any atom is -0.507 e. The molecule has 0 amide bonds. The van der Waals surface area contributed by atoms with E-state index in [1.807, 2.05) is 0 Å². The first-order valence-electron chi connectivity index (χ1n) is 9.75. The van der Waals surface area contributed by atoms with Crippen molar-refractivity contribution in [2.45, 2.75) is 30.7 Å². The molecule has 32 heavy (non-hydrogen) atoms. The van der Waals surface area contributed by atoms with Gasteiger partial charge in [0.05, 0.1) is 13.7 Å². The molecule has 2 heterocycles. The van der Waals surface area contributed by atoms with Crippen molar-refractivity contribution in [2.24, 2.45) is 0 Å². The molecule has 1 saturated heterocycles. The van der Waals surface area contributed by atoms with Crippen LogP contribution in [0.15, 0.2) is 51.7 Å². The summed E-state index contributed by atoms with van der Waals surface area (Å²) in [4.78, 5) is 12.5. The molecule has 1 aliphatic rings. The van der Waals surface area contributed by atoms with Gasteiger partial charge in [0.2, 0.25) is 6.29 Å². The molecule has 1 aromatic heterocycles. The molecule has 1 fully saturated rings. The number of aliphatic hydroxyl groups is 4. The largest absolute Gasteiger partial charge is 0.507 e. The standard InChI is InChI=1S/C22H22O10/c1-29-12-6-13(24)18-14(25)8-15(31-16(18)7-12)10-2-4-11(5-3-10)30-22-21(28)20(27)19(26)17(9-23)32-22/h2-8,17,19-24,26-28H,9H2,1H3/t17-,19-,20+,21-,22+/m0/s1. The molecule has 0 radical (unpaired) electrons. The molecule has 3 aromatic rings. The number of aromatic hydroxyl groups is 1. The Morgan fingerprint density at radius 1 is 0.969 bits per heavy atom. The number of aliphatic hydroxyl groups excluding tert-OH is 4. The Balaban J connectivity index is 1.59.